The van der Waals surface area contributed by atoms with Crippen LogP contribution in [-0.4, -0.2) is 37.0 Å². The van der Waals surface area contributed by atoms with E-state index in [1.807, 2.05) is 51.9 Å². The van der Waals surface area contributed by atoms with Gasteiger partial charge in [-0.15, -0.1) is 10.2 Å². The molecular weight excluding hydrogens is 264 g/mol. The van der Waals surface area contributed by atoms with Gasteiger partial charge in [-0.25, -0.2) is 0 Å². The van der Waals surface area contributed by atoms with Gasteiger partial charge in [-0.1, -0.05) is 6.07 Å². The van der Waals surface area contributed by atoms with E-state index < -0.39 is 0 Å². The summed E-state index contributed by atoms with van der Waals surface area (Å²) in [5.41, 5.74) is 0.910. The van der Waals surface area contributed by atoms with Crippen LogP contribution in [0.1, 0.15) is 19.2 Å². The minimum Gasteiger partial charge on any atom is -0.312 e. The lowest BCUT2D eigenvalue weighted by Gasteiger charge is -2.13. The highest BCUT2D eigenvalue weighted by Gasteiger charge is 2.05. The van der Waals surface area contributed by atoms with Crippen molar-refractivity contribution in [2.24, 2.45) is 0 Å². The first kappa shape index (κ1) is 13.8. The van der Waals surface area contributed by atoms with E-state index in [4.69, 9.17) is 0 Å². The van der Waals surface area contributed by atoms with Crippen molar-refractivity contribution in [1.29, 1.82) is 0 Å². The average molecular weight is 284 g/mol. The maximum Gasteiger partial charge on any atom is 0.160 e. The number of hydrogen-bond donors (Lipinski definition) is 1. The molecule has 0 aliphatic heterocycles. The summed E-state index contributed by atoms with van der Waals surface area (Å²) in [4.78, 5) is 0. The zero-order valence-corrected chi connectivity index (χ0v) is 12.2. The van der Waals surface area contributed by atoms with Gasteiger partial charge in [0.15, 0.2) is 5.65 Å². The van der Waals surface area contributed by atoms with Crippen LogP contribution in [0.2, 0.25) is 0 Å². The fourth-order valence-electron chi connectivity index (χ4n) is 2.41. The zero-order valence-electron chi connectivity index (χ0n) is 12.2. The Labute approximate surface area is 123 Å². The molecule has 3 aromatic heterocycles. The highest BCUT2D eigenvalue weighted by atomic mass is 15.3. The minimum atomic E-state index is 0.403. The van der Waals surface area contributed by atoms with Crippen LogP contribution in [0, 0.1) is 0 Å². The normalized spacial score (nSPS) is 12.8. The van der Waals surface area contributed by atoms with Crippen molar-refractivity contribution in [2.75, 3.05) is 6.54 Å². The Morgan fingerprint density at radius 3 is 3.00 bits per heavy atom. The molecule has 0 spiro atoms. The third-order valence-electron chi connectivity index (χ3n) is 3.47. The molecule has 0 bridgehead atoms. The maximum absolute atomic E-state index is 4.24. The topological polar surface area (TPSA) is 60.0 Å². The Bertz CT molecular complexity index is 672. The molecule has 3 aromatic rings. The summed E-state index contributed by atoms with van der Waals surface area (Å²) in [6, 6.07) is 8.31. The van der Waals surface area contributed by atoms with Crippen molar-refractivity contribution >= 4 is 5.65 Å². The molecule has 6 heteroatoms. The van der Waals surface area contributed by atoms with Crippen LogP contribution in [-0.2, 0) is 13.0 Å². The molecule has 3 heterocycles. The van der Waals surface area contributed by atoms with Gasteiger partial charge < -0.3 is 5.32 Å². The van der Waals surface area contributed by atoms with E-state index in [2.05, 4.69) is 27.5 Å². The predicted molar refractivity (Wildman–Crippen MR) is 81.0 cm³/mol. The van der Waals surface area contributed by atoms with E-state index in [1.54, 1.807) is 0 Å². The minimum absolute atomic E-state index is 0.403. The Morgan fingerprint density at radius 1 is 1.19 bits per heavy atom. The second-order valence-corrected chi connectivity index (χ2v) is 5.23. The van der Waals surface area contributed by atoms with E-state index in [0.29, 0.717) is 6.04 Å². The van der Waals surface area contributed by atoms with Crippen LogP contribution >= 0.6 is 0 Å². The molecule has 3 rings (SSSR count). The van der Waals surface area contributed by atoms with Gasteiger partial charge in [-0.05, 0) is 38.1 Å². The van der Waals surface area contributed by atoms with Crippen molar-refractivity contribution in [1.82, 2.24) is 29.7 Å². The van der Waals surface area contributed by atoms with Gasteiger partial charge >= 0.3 is 0 Å². The van der Waals surface area contributed by atoms with Crippen LogP contribution in [0.15, 0.2) is 42.9 Å². The van der Waals surface area contributed by atoms with Crippen molar-refractivity contribution in [2.45, 2.75) is 32.4 Å². The molecule has 0 aromatic carbocycles. The Morgan fingerprint density at radius 2 is 2.14 bits per heavy atom. The molecule has 6 nitrogen and oxygen atoms in total. The molecule has 1 N–H and O–H groups in total. The lowest BCUT2D eigenvalue weighted by Crippen LogP contribution is -2.31. The largest absolute Gasteiger partial charge is 0.312 e. The molecular formula is C15H20N6. The highest BCUT2D eigenvalue weighted by Crippen LogP contribution is 2.04. The number of rotatable bonds is 7. The molecule has 0 amide bonds. The third kappa shape index (κ3) is 3.46. The molecule has 0 saturated carbocycles. The smallest absolute Gasteiger partial charge is 0.160 e. The van der Waals surface area contributed by atoms with Gasteiger partial charge in [0, 0.05) is 31.1 Å². The van der Waals surface area contributed by atoms with E-state index >= 15 is 0 Å². The summed E-state index contributed by atoms with van der Waals surface area (Å²) in [5.74, 6) is 1.02. The summed E-state index contributed by atoms with van der Waals surface area (Å²) in [6.45, 7) is 4.03. The van der Waals surface area contributed by atoms with E-state index in [1.165, 1.54) is 0 Å². The van der Waals surface area contributed by atoms with Gasteiger partial charge in [-0.2, -0.15) is 5.10 Å². The number of aryl methyl sites for hydroxylation is 1. The summed E-state index contributed by atoms with van der Waals surface area (Å²) in [5, 5.41) is 16.1. The number of hydrogen-bond acceptors (Lipinski definition) is 4. The molecule has 0 fully saturated rings. The van der Waals surface area contributed by atoms with Gasteiger partial charge in [0.2, 0.25) is 0 Å². The fraction of sp³-hybridized carbons (Fsp3) is 0.400. The highest BCUT2D eigenvalue weighted by molar-refractivity contribution is 5.36. The number of pyridine rings is 1. The maximum atomic E-state index is 4.24. The molecule has 0 aliphatic rings. The third-order valence-corrected chi connectivity index (χ3v) is 3.47. The summed E-state index contributed by atoms with van der Waals surface area (Å²) >= 11 is 0. The first-order valence-corrected chi connectivity index (χ1v) is 7.32. The average Bonchev–Trinajstić information content (AvgIpc) is 3.13. The molecule has 0 aliphatic carbocycles. The van der Waals surface area contributed by atoms with Crippen molar-refractivity contribution in [3.8, 4) is 0 Å². The Hall–Kier alpha value is -2.21. The number of aromatic nitrogens is 5. The van der Waals surface area contributed by atoms with E-state index in [0.717, 1.165) is 37.4 Å². The molecule has 110 valence electrons. The molecule has 1 atom stereocenters. The first-order chi connectivity index (χ1) is 10.3. The SMILES string of the molecule is CC(Cn1cccn1)NCCCc1nnc2ccccn12. The molecule has 0 radical (unpaired) electrons. The lowest BCUT2D eigenvalue weighted by molar-refractivity contribution is 0.447. The van der Waals surface area contributed by atoms with Crippen LogP contribution in [0.4, 0.5) is 0 Å². The first-order valence-electron chi connectivity index (χ1n) is 7.32. The quantitative estimate of drug-likeness (QED) is 0.669. The zero-order chi connectivity index (χ0) is 14.5. The lowest BCUT2D eigenvalue weighted by atomic mass is 10.2. The number of nitrogens with zero attached hydrogens (tertiary/aromatic N) is 5. The Kier molecular flexibility index (Phi) is 4.25. The van der Waals surface area contributed by atoms with Gasteiger partial charge in [0.25, 0.3) is 0 Å². The predicted octanol–water partition coefficient (Wildman–Crippen LogP) is 1.54. The van der Waals surface area contributed by atoms with Gasteiger partial charge in [-0.3, -0.25) is 9.08 Å². The second kappa shape index (κ2) is 6.49. The second-order valence-electron chi connectivity index (χ2n) is 5.23. The van der Waals surface area contributed by atoms with Crippen LogP contribution in [0.5, 0.6) is 0 Å². The van der Waals surface area contributed by atoms with E-state index in [-0.39, 0.29) is 0 Å². The summed E-state index contributed by atoms with van der Waals surface area (Å²) in [6.07, 6.45) is 7.77. The van der Waals surface area contributed by atoms with Crippen molar-refractivity contribution in [3.05, 3.63) is 48.7 Å². The monoisotopic (exact) mass is 284 g/mol. The van der Waals surface area contributed by atoms with Crippen LogP contribution in [0.25, 0.3) is 5.65 Å². The molecule has 1 unspecified atom stereocenters. The van der Waals surface area contributed by atoms with Gasteiger partial charge in [0.1, 0.15) is 5.82 Å². The molecule has 21 heavy (non-hydrogen) atoms. The summed E-state index contributed by atoms with van der Waals surface area (Å²) in [7, 11) is 0. The van der Waals surface area contributed by atoms with Gasteiger partial charge in [0.05, 0.1) is 6.54 Å². The van der Waals surface area contributed by atoms with E-state index in [9.17, 15) is 0 Å². The standard InChI is InChI=1S/C15H20N6/c1-13(12-20-10-5-9-17-20)16-8-4-7-15-19-18-14-6-2-3-11-21(14)15/h2-3,5-6,9-11,13,16H,4,7-8,12H2,1H3. The summed E-state index contributed by atoms with van der Waals surface area (Å²) < 4.78 is 4.00. The van der Waals surface area contributed by atoms with Crippen LogP contribution in [0.3, 0.4) is 0 Å². The molecule has 0 saturated heterocycles. The Balaban J connectivity index is 1.44. The van der Waals surface area contributed by atoms with Crippen LogP contribution < -0.4 is 5.32 Å². The van der Waals surface area contributed by atoms with Crippen molar-refractivity contribution in [3.63, 3.8) is 0 Å². The number of nitrogens with one attached hydrogen (secondary N) is 1. The van der Waals surface area contributed by atoms with Crippen molar-refractivity contribution < 1.29 is 0 Å². The number of fused-ring (bicyclic) bond motifs is 1. The fourth-order valence-corrected chi connectivity index (χ4v) is 2.41.